The number of carbonyl (C=O) groups excluding carboxylic acids is 3. The maximum Gasteiger partial charge on any atom is 0.322 e. The lowest BCUT2D eigenvalue weighted by Gasteiger charge is -2.21. The van der Waals surface area contributed by atoms with Crippen LogP contribution in [0.2, 0.25) is 0 Å². The summed E-state index contributed by atoms with van der Waals surface area (Å²) in [7, 11) is 1.45. The van der Waals surface area contributed by atoms with Crippen molar-refractivity contribution in [3.63, 3.8) is 0 Å². The number of ether oxygens (including phenoxy) is 1. The van der Waals surface area contributed by atoms with Gasteiger partial charge in [-0.15, -0.1) is 0 Å². The van der Waals surface area contributed by atoms with E-state index in [-0.39, 0.29) is 5.88 Å². The molecule has 0 spiro atoms. The second-order valence-electron chi connectivity index (χ2n) is 6.08. The van der Waals surface area contributed by atoms with Gasteiger partial charge in [0.05, 0.1) is 7.11 Å². The number of carbonyl (C=O) groups is 3. The largest absolute Gasteiger partial charge is 0.480 e. The van der Waals surface area contributed by atoms with Gasteiger partial charge in [-0.05, 0) is 43.7 Å². The molecule has 1 atom stereocenters. The van der Waals surface area contributed by atoms with E-state index < -0.39 is 23.4 Å². The Morgan fingerprint density at radius 3 is 2.65 bits per heavy atom. The summed E-state index contributed by atoms with van der Waals surface area (Å²) in [5, 5.41) is 7.56. The molecule has 8 nitrogen and oxygen atoms in total. The molecular formula is C18H18N4O4. The summed E-state index contributed by atoms with van der Waals surface area (Å²) in [6.45, 7) is 3.40. The van der Waals surface area contributed by atoms with Crippen LogP contribution in [0.25, 0.3) is 0 Å². The molecule has 1 aromatic carbocycles. The van der Waals surface area contributed by atoms with E-state index in [1.54, 1.807) is 50.2 Å². The lowest BCUT2D eigenvalue weighted by molar-refractivity contribution is -0.123. The monoisotopic (exact) mass is 354 g/mol. The van der Waals surface area contributed by atoms with Gasteiger partial charge in [0.1, 0.15) is 11.1 Å². The summed E-state index contributed by atoms with van der Waals surface area (Å²) in [5.74, 6) is -0.611. The average Bonchev–Trinajstić information content (AvgIpc) is 2.88. The molecule has 0 saturated carbocycles. The van der Waals surface area contributed by atoms with Crippen LogP contribution in [-0.2, 0) is 10.3 Å². The third-order valence-corrected chi connectivity index (χ3v) is 4.18. The Bertz CT molecular complexity index is 912. The van der Waals surface area contributed by atoms with Gasteiger partial charge < -0.3 is 15.4 Å². The van der Waals surface area contributed by atoms with Crippen molar-refractivity contribution >= 4 is 23.5 Å². The first-order chi connectivity index (χ1) is 12.3. The number of aromatic nitrogens is 1. The number of anilines is 1. The topological polar surface area (TPSA) is 109 Å². The van der Waals surface area contributed by atoms with Crippen LogP contribution in [0.5, 0.6) is 5.88 Å². The molecule has 1 saturated heterocycles. The van der Waals surface area contributed by atoms with Crippen LogP contribution in [-0.4, -0.2) is 29.9 Å². The van der Waals surface area contributed by atoms with Crippen molar-refractivity contribution in [2.75, 3.05) is 12.4 Å². The second-order valence-corrected chi connectivity index (χ2v) is 6.08. The van der Waals surface area contributed by atoms with Crippen LogP contribution in [0, 0.1) is 6.92 Å². The van der Waals surface area contributed by atoms with Gasteiger partial charge in [0.2, 0.25) is 5.88 Å². The van der Waals surface area contributed by atoms with E-state index >= 15 is 0 Å². The van der Waals surface area contributed by atoms with E-state index in [1.165, 1.54) is 7.11 Å². The fourth-order valence-corrected chi connectivity index (χ4v) is 2.71. The minimum Gasteiger partial charge on any atom is -0.480 e. The Hall–Kier alpha value is -3.42. The van der Waals surface area contributed by atoms with Crippen molar-refractivity contribution < 1.29 is 19.1 Å². The van der Waals surface area contributed by atoms with E-state index in [9.17, 15) is 14.4 Å². The molecule has 3 N–H and O–H groups in total. The number of amides is 4. The summed E-state index contributed by atoms with van der Waals surface area (Å²) in [5.41, 5.74) is 0.858. The second kappa shape index (κ2) is 6.47. The first-order valence-electron chi connectivity index (χ1n) is 7.90. The van der Waals surface area contributed by atoms with Crippen LogP contribution >= 0.6 is 0 Å². The zero-order valence-electron chi connectivity index (χ0n) is 14.5. The normalized spacial score (nSPS) is 18.9. The first-order valence-corrected chi connectivity index (χ1v) is 7.90. The third kappa shape index (κ3) is 3.08. The van der Waals surface area contributed by atoms with Gasteiger partial charge in [0.15, 0.2) is 0 Å². The van der Waals surface area contributed by atoms with Crippen LogP contribution in [0.1, 0.15) is 28.5 Å². The van der Waals surface area contributed by atoms with E-state index in [0.29, 0.717) is 16.8 Å². The Morgan fingerprint density at radius 2 is 2.00 bits per heavy atom. The quantitative estimate of drug-likeness (QED) is 0.724. The van der Waals surface area contributed by atoms with Crippen LogP contribution in [0.3, 0.4) is 0 Å². The molecule has 2 aromatic rings. The molecule has 3 rings (SSSR count). The standard InChI is InChI=1S/C18H18N4O4/c1-10-7-8-13(15(19-10)26-3)14(23)20-12-6-4-5-11(9-12)18(2)16(24)21-17(25)22-18/h4-9H,1-3H3,(H,20,23)(H2,21,22,24,25)/t18-/m1/s1. The number of benzene rings is 1. The number of rotatable bonds is 4. The summed E-state index contributed by atoms with van der Waals surface area (Å²) < 4.78 is 5.16. The molecule has 1 aliphatic heterocycles. The van der Waals surface area contributed by atoms with Crippen LogP contribution in [0.4, 0.5) is 10.5 Å². The molecule has 0 aliphatic carbocycles. The number of hydrogen-bond acceptors (Lipinski definition) is 5. The Balaban J connectivity index is 1.87. The molecule has 0 unspecified atom stereocenters. The highest BCUT2D eigenvalue weighted by Gasteiger charge is 2.43. The number of imide groups is 1. The molecule has 0 radical (unpaired) electrons. The number of urea groups is 1. The molecule has 0 bridgehead atoms. The highest BCUT2D eigenvalue weighted by molar-refractivity contribution is 6.08. The maximum atomic E-state index is 12.6. The minimum absolute atomic E-state index is 0.230. The average molecular weight is 354 g/mol. The van der Waals surface area contributed by atoms with Crippen molar-refractivity contribution in [2.24, 2.45) is 0 Å². The first kappa shape index (κ1) is 17.4. The third-order valence-electron chi connectivity index (χ3n) is 4.18. The number of aryl methyl sites for hydroxylation is 1. The van der Waals surface area contributed by atoms with Gasteiger partial charge >= 0.3 is 6.03 Å². The molecule has 1 fully saturated rings. The Morgan fingerprint density at radius 1 is 1.23 bits per heavy atom. The lowest BCUT2D eigenvalue weighted by atomic mass is 9.92. The van der Waals surface area contributed by atoms with Gasteiger partial charge in [0.25, 0.3) is 11.8 Å². The molecule has 8 heteroatoms. The van der Waals surface area contributed by atoms with E-state index in [2.05, 4.69) is 20.9 Å². The number of nitrogens with zero attached hydrogens (tertiary/aromatic N) is 1. The molecule has 26 heavy (non-hydrogen) atoms. The summed E-state index contributed by atoms with van der Waals surface area (Å²) >= 11 is 0. The fraction of sp³-hybridized carbons (Fsp3) is 0.222. The van der Waals surface area contributed by atoms with Gasteiger partial charge in [-0.25, -0.2) is 9.78 Å². The zero-order valence-corrected chi connectivity index (χ0v) is 14.5. The predicted octanol–water partition coefficient (Wildman–Crippen LogP) is 1.71. The Labute approximate surface area is 150 Å². The summed E-state index contributed by atoms with van der Waals surface area (Å²) in [6, 6.07) is 9.51. The van der Waals surface area contributed by atoms with Crippen molar-refractivity contribution in [1.29, 1.82) is 0 Å². The highest BCUT2D eigenvalue weighted by Crippen LogP contribution is 2.27. The highest BCUT2D eigenvalue weighted by atomic mass is 16.5. The van der Waals surface area contributed by atoms with E-state index in [4.69, 9.17) is 4.74 Å². The van der Waals surface area contributed by atoms with Gasteiger partial charge in [-0.2, -0.15) is 0 Å². The fourth-order valence-electron chi connectivity index (χ4n) is 2.71. The smallest absolute Gasteiger partial charge is 0.322 e. The zero-order chi connectivity index (χ0) is 18.9. The number of nitrogens with one attached hydrogen (secondary N) is 3. The summed E-state index contributed by atoms with van der Waals surface area (Å²) in [6.07, 6.45) is 0. The molecule has 4 amide bonds. The van der Waals surface area contributed by atoms with E-state index in [1.807, 2.05) is 0 Å². The predicted molar refractivity (Wildman–Crippen MR) is 93.9 cm³/mol. The number of methoxy groups -OCH3 is 1. The number of pyridine rings is 1. The molecule has 1 aliphatic rings. The van der Waals surface area contributed by atoms with Crippen molar-refractivity contribution in [3.05, 3.63) is 53.2 Å². The van der Waals surface area contributed by atoms with Crippen molar-refractivity contribution in [1.82, 2.24) is 15.6 Å². The van der Waals surface area contributed by atoms with Crippen molar-refractivity contribution in [3.8, 4) is 5.88 Å². The van der Waals surface area contributed by atoms with Crippen molar-refractivity contribution in [2.45, 2.75) is 19.4 Å². The maximum absolute atomic E-state index is 12.6. The molecule has 1 aromatic heterocycles. The SMILES string of the molecule is COc1nc(C)ccc1C(=O)Nc1cccc([C@@]2(C)NC(=O)NC2=O)c1. The number of hydrogen-bond donors (Lipinski definition) is 3. The van der Waals surface area contributed by atoms with Crippen LogP contribution < -0.4 is 20.7 Å². The molecule has 2 heterocycles. The van der Waals surface area contributed by atoms with Gasteiger partial charge in [-0.1, -0.05) is 12.1 Å². The molecule has 134 valence electrons. The van der Waals surface area contributed by atoms with Crippen LogP contribution in [0.15, 0.2) is 36.4 Å². The minimum atomic E-state index is -1.19. The van der Waals surface area contributed by atoms with Gasteiger partial charge in [0, 0.05) is 11.4 Å². The Kier molecular flexibility index (Phi) is 4.33. The summed E-state index contributed by atoms with van der Waals surface area (Å²) in [4.78, 5) is 40.3. The lowest BCUT2D eigenvalue weighted by Crippen LogP contribution is -2.40. The van der Waals surface area contributed by atoms with Gasteiger partial charge in [-0.3, -0.25) is 14.9 Å². The van der Waals surface area contributed by atoms with E-state index in [0.717, 1.165) is 5.69 Å². The molecular weight excluding hydrogens is 336 g/mol.